The Kier molecular flexibility index (Phi) is 4.69. The van der Waals surface area contributed by atoms with Crippen molar-refractivity contribution < 1.29 is 17.9 Å². The first-order valence-electron chi connectivity index (χ1n) is 6.55. The Balaban J connectivity index is 1.63. The van der Waals surface area contributed by atoms with Gasteiger partial charge in [-0.25, -0.2) is 0 Å². The molecule has 1 unspecified atom stereocenters. The molecule has 1 heterocycles. The van der Waals surface area contributed by atoms with E-state index < -0.39 is 12.6 Å². The highest BCUT2D eigenvalue weighted by atomic mass is 19.4. The lowest BCUT2D eigenvalue weighted by Gasteiger charge is -2.11. The van der Waals surface area contributed by atoms with E-state index in [9.17, 15) is 13.2 Å². The summed E-state index contributed by atoms with van der Waals surface area (Å²) in [4.78, 5) is 0. The molecule has 19 heavy (non-hydrogen) atoms. The normalized spacial score (nSPS) is 18.2. The SMILES string of the molecule is FC(F)(F)CCCCNCC1COc2ccccc21. The molecule has 2 rings (SSSR count). The van der Waals surface area contributed by atoms with Crippen molar-refractivity contribution in [1.82, 2.24) is 5.32 Å². The van der Waals surface area contributed by atoms with E-state index in [0.29, 0.717) is 25.5 Å². The molecule has 5 heteroatoms. The van der Waals surface area contributed by atoms with Gasteiger partial charge in [0.1, 0.15) is 5.75 Å². The highest BCUT2D eigenvalue weighted by Gasteiger charge is 2.26. The van der Waals surface area contributed by atoms with E-state index in [1.54, 1.807) is 0 Å². The van der Waals surface area contributed by atoms with Crippen molar-refractivity contribution in [1.29, 1.82) is 0 Å². The van der Waals surface area contributed by atoms with E-state index in [1.807, 2.05) is 24.3 Å². The van der Waals surface area contributed by atoms with Crippen LogP contribution in [0.2, 0.25) is 0 Å². The van der Waals surface area contributed by atoms with Crippen molar-refractivity contribution in [2.24, 2.45) is 0 Å². The maximum atomic E-state index is 11.9. The van der Waals surface area contributed by atoms with Crippen LogP contribution in [-0.2, 0) is 0 Å². The predicted molar refractivity (Wildman–Crippen MR) is 67.5 cm³/mol. The van der Waals surface area contributed by atoms with Crippen molar-refractivity contribution in [2.75, 3.05) is 19.7 Å². The molecule has 0 amide bonds. The Hall–Kier alpha value is -1.23. The average Bonchev–Trinajstić information content (AvgIpc) is 2.76. The Labute approximate surface area is 111 Å². The molecule has 1 aliphatic rings. The molecule has 1 aromatic carbocycles. The van der Waals surface area contributed by atoms with Crippen LogP contribution in [0.5, 0.6) is 5.75 Å². The molecule has 0 radical (unpaired) electrons. The van der Waals surface area contributed by atoms with Crippen molar-refractivity contribution in [3.8, 4) is 5.75 Å². The van der Waals surface area contributed by atoms with Crippen LogP contribution in [0, 0.1) is 0 Å². The Bertz CT molecular complexity index is 406. The summed E-state index contributed by atoms with van der Waals surface area (Å²) in [5.41, 5.74) is 1.19. The number of hydrogen-bond acceptors (Lipinski definition) is 2. The summed E-state index contributed by atoms with van der Waals surface area (Å²) >= 11 is 0. The van der Waals surface area contributed by atoms with Crippen LogP contribution < -0.4 is 10.1 Å². The number of para-hydroxylation sites is 1. The monoisotopic (exact) mass is 273 g/mol. The third kappa shape index (κ3) is 4.42. The van der Waals surface area contributed by atoms with Gasteiger partial charge in [0.15, 0.2) is 0 Å². The third-order valence-electron chi connectivity index (χ3n) is 3.25. The number of alkyl halides is 3. The minimum Gasteiger partial charge on any atom is -0.493 e. The molecule has 0 bridgehead atoms. The van der Waals surface area contributed by atoms with Gasteiger partial charge < -0.3 is 10.1 Å². The minimum absolute atomic E-state index is 0.189. The van der Waals surface area contributed by atoms with Gasteiger partial charge in [-0.05, 0) is 25.5 Å². The van der Waals surface area contributed by atoms with Crippen LogP contribution in [0.25, 0.3) is 0 Å². The highest BCUT2D eigenvalue weighted by molar-refractivity contribution is 5.39. The van der Waals surface area contributed by atoms with Crippen LogP contribution in [0.1, 0.15) is 30.7 Å². The van der Waals surface area contributed by atoms with Crippen molar-refractivity contribution >= 4 is 0 Å². The standard InChI is InChI=1S/C14H18F3NO/c15-14(16,17)7-3-4-8-18-9-11-10-19-13-6-2-1-5-12(11)13/h1-2,5-6,11,18H,3-4,7-10H2. The van der Waals surface area contributed by atoms with Crippen LogP contribution in [0.4, 0.5) is 13.2 Å². The van der Waals surface area contributed by atoms with E-state index in [2.05, 4.69) is 5.32 Å². The Morgan fingerprint density at radius 2 is 2.00 bits per heavy atom. The summed E-state index contributed by atoms with van der Waals surface area (Å²) in [6.07, 6.45) is -3.98. The van der Waals surface area contributed by atoms with E-state index in [0.717, 1.165) is 12.3 Å². The van der Waals surface area contributed by atoms with Gasteiger partial charge in [0.2, 0.25) is 0 Å². The first-order chi connectivity index (χ1) is 9.06. The number of benzene rings is 1. The summed E-state index contributed by atoms with van der Waals surface area (Å²) < 4.78 is 41.4. The quantitative estimate of drug-likeness (QED) is 0.801. The van der Waals surface area contributed by atoms with Gasteiger partial charge in [-0.1, -0.05) is 18.2 Å². The summed E-state index contributed by atoms with van der Waals surface area (Å²) in [5, 5.41) is 3.21. The van der Waals surface area contributed by atoms with E-state index in [1.165, 1.54) is 5.56 Å². The molecular weight excluding hydrogens is 255 g/mol. The molecule has 0 fully saturated rings. The largest absolute Gasteiger partial charge is 0.493 e. The van der Waals surface area contributed by atoms with Crippen LogP contribution in [0.3, 0.4) is 0 Å². The first kappa shape index (κ1) is 14.2. The lowest BCUT2D eigenvalue weighted by atomic mass is 10.0. The molecule has 0 saturated heterocycles. The molecule has 106 valence electrons. The zero-order chi connectivity index (χ0) is 13.7. The predicted octanol–water partition coefficient (Wildman–Crippen LogP) is 3.48. The average molecular weight is 273 g/mol. The number of ether oxygens (including phenoxy) is 1. The van der Waals surface area contributed by atoms with Gasteiger partial charge in [-0.2, -0.15) is 13.2 Å². The van der Waals surface area contributed by atoms with E-state index in [4.69, 9.17) is 4.74 Å². The maximum absolute atomic E-state index is 11.9. The van der Waals surface area contributed by atoms with Crippen LogP contribution >= 0.6 is 0 Å². The summed E-state index contributed by atoms with van der Waals surface area (Å²) in [6.45, 7) is 2.02. The number of halogens is 3. The van der Waals surface area contributed by atoms with E-state index >= 15 is 0 Å². The van der Waals surface area contributed by atoms with Crippen molar-refractivity contribution in [3.63, 3.8) is 0 Å². The summed E-state index contributed by atoms with van der Waals surface area (Å²) in [5.74, 6) is 1.23. The van der Waals surface area contributed by atoms with E-state index in [-0.39, 0.29) is 6.42 Å². The van der Waals surface area contributed by atoms with Gasteiger partial charge in [-0.15, -0.1) is 0 Å². The zero-order valence-electron chi connectivity index (χ0n) is 10.7. The molecule has 1 N–H and O–H groups in total. The van der Waals surface area contributed by atoms with Gasteiger partial charge in [-0.3, -0.25) is 0 Å². The molecule has 1 aromatic rings. The highest BCUT2D eigenvalue weighted by Crippen LogP contribution is 2.32. The number of nitrogens with one attached hydrogen (secondary N) is 1. The Morgan fingerprint density at radius 1 is 1.21 bits per heavy atom. The Morgan fingerprint density at radius 3 is 2.79 bits per heavy atom. The molecule has 0 saturated carbocycles. The fraction of sp³-hybridized carbons (Fsp3) is 0.571. The molecule has 0 aromatic heterocycles. The minimum atomic E-state index is -4.03. The van der Waals surface area contributed by atoms with Crippen molar-refractivity contribution in [3.05, 3.63) is 29.8 Å². The summed E-state index contributed by atoms with van der Waals surface area (Å²) in [7, 11) is 0. The van der Waals surface area contributed by atoms with Gasteiger partial charge in [0.25, 0.3) is 0 Å². The summed E-state index contributed by atoms with van der Waals surface area (Å²) in [6, 6.07) is 7.90. The topological polar surface area (TPSA) is 21.3 Å². The van der Waals surface area contributed by atoms with Gasteiger partial charge in [0.05, 0.1) is 6.61 Å². The zero-order valence-corrected chi connectivity index (χ0v) is 10.7. The lowest BCUT2D eigenvalue weighted by molar-refractivity contribution is -0.135. The van der Waals surface area contributed by atoms with Crippen LogP contribution in [-0.4, -0.2) is 25.9 Å². The first-order valence-corrected chi connectivity index (χ1v) is 6.55. The third-order valence-corrected chi connectivity index (χ3v) is 3.25. The molecule has 0 spiro atoms. The molecule has 2 nitrogen and oxygen atoms in total. The second kappa shape index (κ2) is 6.28. The smallest absolute Gasteiger partial charge is 0.389 e. The van der Waals surface area contributed by atoms with Crippen LogP contribution in [0.15, 0.2) is 24.3 Å². The number of rotatable bonds is 6. The number of unbranched alkanes of at least 4 members (excludes halogenated alkanes) is 1. The van der Waals surface area contributed by atoms with Crippen molar-refractivity contribution in [2.45, 2.75) is 31.4 Å². The second-order valence-corrected chi connectivity index (χ2v) is 4.82. The molecule has 1 aliphatic heterocycles. The number of fused-ring (bicyclic) bond motifs is 1. The fourth-order valence-electron chi connectivity index (χ4n) is 2.25. The second-order valence-electron chi connectivity index (χ2n) is 4.82. The van der Waals surface area contributed by atoms with Gasteiger partial charge in [0, 0.05) is 24.4 Å². The number of hydrogen-bond donors (Lipinski definition) is 1. The maximum Gasteiger partial charge on any atom is 0.389 e. The molecule has 0 aliphatic carbocycles. The fourth-order valence-corrected chi connectivity index (χ4v) is 2.25. The lowest BCUT2D eigenvalue weighted by Crippen LogP contribution is -2.23. The van der Waals surface area contributed by atoms with Gasteiger partial charge >= 0.3 is 6.18 Å². The molecule has 1 atom stereocenters. The molecular formula is C14H18F3NO.